The molecule has 0 aromatic carbocycles. The first kappa shape index (κ1) is 15.7. The van der Waals surface area contributed by atoms with E-state index in [2.05, 4.69) is 4.74 Å². The summed E-state index contributed by atoms with van der Waals surface area (Å²) in [7, 11) is 1.04. The number of carbonyl (C=O) groups is 1. The van der Waals surface area contributed by atoms with Gasteiger partial charge in [0.05, 0.1) is 0 Å². The minimum atomic E-state index is -1.50. The zero-order valence-corrected chi connectivity index (χ0v) is 7.18. The van der Waals surface area contributed by atoms with Crippen LogP contribution in [0.4, 0.5) is 4.79 Å². The fourth-order valence-corrected chi connectivity index (χ4v) is 0. The Labute approximate surface area is 74.2 Å². The van der Waals surface area contributed by atoms with Crippen molar-refractivity contribution < 1.29 is 61.3 Å². The summed E-state index contributed by atoms with van der Waals surface area (Å²) in [5.41, 5.74) is 0. The van der Waals surface area contributed by atoms with Gasteiger partial charge in [0.1, 0.15) is 0 Å². The van der Waals surface area contributed by atoms with E-state index in [0.29, 0.717) is 0 Å². The summed E-state index contributed by atoms with van der Waals surface area (Å²) in [6, 6.07) is 0. The molecule has 0 aromatic heterocycles. The molecule has 0 amide bonds. The summed E-state index contributed by atoms with van der Waals surface area (Å²) in [4.78, 5) is 9.03. The zero-order chi connectivity index (χ0) is 4.28. The van der Waals surface area contributed by atoms with Gasteiger partial charge in [0.2, 0.25) is 0 Å². The molecule has 0 N–H and O–H groups in total. The predicted octanol–water partition coefficient (Wildman–Crippen LogP) is -4.02. The van der Waals surface area contributed by atoms with Gasteiger partial charge in [0, 0.05) is 24.2 Å². The molecule has 0 bridgehead atoms. The topological polar surface area (TPSA) is 49.4 Å². The van der Waals surface area contributed by atoms with Crippen LogP contribution in [0.15, 0.2) is 0 Å². The van der Waals surface area contributed by atoms with Crippen molar-refractivity contribution in [1.29, 1.82) is 0 Å². The molecule has 0 spiro atoms. The first-order valence-corrected chi connectivity index (χ1v) is 1.02. The number of hydrogen-bond acceptors (Lipinski definition) is 3. The number of carbonyl (C=O) groups excluding carboxylic acids is 1. The van der Waals surface area contributed by atoms with Gasteiger partial charge in [-0.25, -0.2) is 0 Å². The Morgan fingerprint density at radius 1 is 1.71 bits per heavy atom. The van der Waals surface area contributed by atoms with Gasteiger partial charge in [-0.2, -0.15) is 0 Å². The number of ether oxygens (including phenoxy) is 1. The zero-order valence-electron chi connectivity index (χ0n) is 4.08. The van der Waals surface area contributed by atoms with Crippen LogP contribution in [-0.2, 0) is 21.8 Å². The largest absolute Gasteiger partial charge is 1.00 e. The average molecular weight is 154 g/mol. The van der Waals surface area contributed by atoms with Crippen LogP contribution in [0.3, 0.4) is 0 Å². The summed E-state index contributed by atoms with van der Waals surface area (Å²) in [6.07, 6.45) is -1.50. The SMILES string of the molecule is COC(=O)[O-].[Fe].[Na+]. The Bertz CT molecular complexity index is 48.2. The van der Waals surface area contributed by atoms with E-state index in [1.54, 1.807) is 0 Å². The van der Waals surface area contributed by atoms with Gasteiger partial charge in [0.15, 0.2) is 0 Å². The molecule has 0 saturated heterocycles. The molecule has 0 fully saturated rings. The van der Waals surface area contributed by atoms with E-state index in [4.69, 9.17) is 9.90 Å². The van der Waals surface area contributed by atoms with Crippen LogP contribution in [-0.4, -0.2) is 13.3 Å². The van der Waals surface area contributed by atoms with Crippen molar-refractivity contribution in [3.8, 4) is 0 Å². The number of methoxy groups -OCH3 is 1. The van der Waals surface area contributed by atoms with E-state index in [1.165, 1.54) is 0 Å². The Kier molecular flexibility index (Phi) is 22.2. The van der Waals surface area contributed by atoms with Crippen LogP contribution in [0.2, 0.25) is 0 Å². The van der Waals surface area contributed by atoms with Crippen molar-refractivity contribution in [2.24, 2.45) is 0 Å². The molecule has 0 saturated carbocycles. The number of carboxylic acid groups (broad SMARTS) is 1. The summed E-state index contributed by atoms with van der Waals surface area (Å²) in [6.45, 7) is 0. The predicted molar refractivity (Wildman–Crippen MR) is 12.4 cm³/mol. The summed E-state index contributed by atoms with van der Waals surface area (Å²) >= 11 is 0. The van der Waals surface area contributed by atoms with Gasteiger partial charge in [-0.3, -0.25) is 0 Å². The summed E-state index contributed by atoms with van der Waals surface area (Å²) in [5, 5.41) is 9.03. The minimum Gasteiger partial charge on any atom is -0.553 e. The van der Waals surface area contributed by atoms with E-state index in [1.807, 2.05) is 0 Å². The molecule has 0 rings (SSSR count). The van der Waals surface area contributed by atoms with Crippen molar-refractivity contribution in [1.82, 2.24) is 0 Å². The molecule has 5 heteroatoms. The fraction of sp³-hybridized carbons (Fsp3) is 0.500. The third-order valence-corrected chi connectivity index (χ3v) is 0.167. The number of hydrogen-bond donors (Lipinski definition) is 0. The molecular formula is C2H3FeNaO3. The maximum Gasteiger partial charge on any atom is 1.00 e. The average Bonchev–Trinajstić information content (AvgIpc) is 1.38. The standard InChI is InChI=1S/C2H4O3.Fe.Na/c1-5-2(3)4;;/h1H3,(H,3,4);;/q;;+1/p-1. The second kappa shape index (κ2) is 9.92. The molecule has 0 aliphatic carbocycles. The van der Waals surface area contributed by atoms with Gasteiger partial charge in [0.25, 0.3) is 6.16 Å². The normalized spacial score (nSPS) is 4.71. The Balaban J connectivity index is -0.0000000800. The second-order valence-electron chi connectivity index (χ2n) is 0.454. The second-order valence-corrected chi connectivity index (χ2v) is 0.454. The first-order chi connectivity index (χ1) is 2.27. The maximum absolute atomic E-state index is 9.03. The van der Waals surface area contributed by atoms with Crippen molar-refractivity contribution in [3.05, 3.63) is 0 Å². The Morgan fingerprint density at radius 3 is 1.86 bits per heavy atom. The van der Waals surface area contributed by atoms with Crippen molar-refractivity contribution in [2.75, 3.05) is 7.11 Å². The molecule has 7 heavy (non-hydrogen) atoms. The molecule has 0 aromatic rings. The fourth-order valence-electron chi connectivity index (χ4n) is 0. The molecule has 0 heterocycles. The van der Waals surface area contributed by atoms with E-state index in [9.17, 15) is 0 Å². The van der Waals surface area contributed by atoms with E-state index in [-0.39, 0.29) is 46.6 Å². The third-order valence-electron chi connectivity index (χ3n) is 0.167. The molecule has 0 atom stereocenters. The van der Waals surface area contributed by atoms with Crippen molar-refractivity contribution in [2.45, 2.75) is 0 Å². The van der Waals surface area contributed by atoms with Crippen molar-refractivity contribution in [3.63, 3.8) is 0 Å². The molecule has 0 radical (unpaired) electrons. The quantitative estimate of drug-likeness (QED) is 0.263. The van der Waals surface area contributed by atoms with Crippen molar-refractivity contribution >= 4 is 6.16 Å². The van der Waals surface area contributed by atoms with Crippen LogP contribution in [0.1, 0.15) is 0 Å². The summed E-state index contributed by atoms with van der Waals surface area (Å²) in [5.74, 6) is 0. The number of rotatable bonds is 0. The maximum atomic E-state index is 9.03. The molecule has 0 aliphatic rings. The first-order valence-electron chi connectivity index (χ1n) is 1.02. The van der Waals surface area contributed by atoms with Gasteiger partial charge in [-0.15, -0.1) is 0 Å². The molecule has 38 valence electrons. The van der Waals surface area contributed by atoms with E-state index < -0.39 is 6.16 Å². The third kappa shape index (κ3) is 20.0. The monoisotopic (exact) mass is 154 g/mol. The minimum absolute atomic E-state index is 0. The van der Waals surface area contributed by atoms with Crippen LogP contribution in [0, 0.1) is 0 Å². The van der Waals surface area contributed by atoms with Crippen LogP contribution in [0.5, 0.6) is 0 Å². The van der Waals surface area contributed by atoms with Crippen LogP contribution < -0.4 is 34.7 Å². The summed E-state index contributed by atoms with van der Waals surface area (Å²) < 4.78 is 3.56. The van der Waals surface area contributed by atoms with Gasteiger partial charge < -0.3 is 14.6 Å². The molecule has 0 unspecified atom stereocenters. The smallest absolute Gasteiger partial charge is 0.553 e. The van der Waals surface area contributed by atoms with E-state index in [0.717, 1.165) is 7.11 Å². The van der Waals surface area contributed by atoms with Gasteiger partial charge in [-0.05, 0) is 0 Å². The van der Waals surface area contributed by atoms with E-state index >= 15 is 0 Å². The molecule has 3 nitrogen and oxygen atoms in total. The molecular weight excluding hydrogens is 151 g/mol. The van der Waals surface area contributed by atoms with Gasteiger partial charge >= 0.3 is 29.6 Å². The van der Waals surface area contributed by atoms with Gasteiger partial charge in [-0.1, -0.05) is 0 Å². The Morgan fingerprint density at radius 2 is 1.86 bits per heavy atom. The molecule has 0 aliphatic heterocycles. The van der Waals surface area contributed by atoms with Crippen LogP contribution in [0.25, 0.3) is 0 Å². The Hall–Kier alpha value is 0.789. The van der Waals surface area contributed by atoms with Crippen LogP contribution >= 0.6 is 0 Å².